The summed E-state index contributed by atoms with van der Waals surface area (Å²) in [7, 11) is 0. The maximum atomic E-state index is 12.2. The average molecular weight is 368 g/mol. The Bertz CT molecular complexity index is 888. The van der Waals surface area contributed by atoms with Gasteiger partial charge in [0.1, 0.15) is 0 Å². The van der Waals surface area contributed by atoms with Gasteiger partial charge in [-0.2, -0.15) is 0 Å². The number of hydrogen-bond acceptors (Lipinski definition) is 4. The molecule has 134 valence electrons. The summed E-state index contributed by atoms with van der Waals surface area (Å²) in [5.74, 6) is -0.0175. The summed E-state index contributed by atoms with van der Waals surface area (Å²) in [5, 5.41) is 6.46. The fourth-order valence-electron chi connectivity index (χ4n) is 2.64. The molecule has 2 aromatic carbocycles. The normalized spacial score (nSPS) is 11.9. The smallest absolute Gasteiger partial charge is 0.316 e. The molecule has 0 bridgehead atoms. The van der Waals surface area contributed by atoms with E-state index in [2.05, 4.69) is 15.6 Å². The lowest BCUT2D eigenvalue weighted by Gasteiger charge is -2.14. The summed E-state index contributed by atoms with van der Waals surface area (Å²) in [6.07, 6.45) is 1.02. The van der Waals surface area contributed by atoms with Crippen LogP contribution >= 0.6 is 11.3 Å². The molecule has 0 aliphatic carbocycles. The molecule has 0 aliphatic heterocycles. The Morgan fingerprint density at radius 2 is 1.88 bits per heavy atom. The molecule has 7 heteroatoms. The third-order valence-corrected chi connectivity index (χ3v) is 5.06. The van der Waals surface area contributed by atoms with E-state index in [0.717, 1.165) is 20.8 Å². The molecule has 3 aromatic rings. The van der Waals surface area contributed by atoms with Gasteiger partial charge >= 0.3 is 6.03 Å². The Balaban J connectivity index is 1.52. The van der Waals surface area contributed by atoms with Gasteiger partial charge in [0.15, 0.2) is 0 Å². The Morgan fingerprint density at radius 3 is 2.58 bits per heavy atom. The molecule has 0 spiro atoms. The number of nitrogens with zero attached hydrogens (tertiary/aromatic N) is 1. The second kappa shape index (κ2) is 7.97. The predicted octanol–water partition coefficient (Wildman–Crippen LogP) is 3.60. The molecule has 1 unspecified atom stereocenters. The van der Waals surface area contributed by atoms with E-state index < -0.39 is 6.03 Å². The van der Waals surface area contributed by atoms with Crippen LogP contribution in [-0.4, -0.2) is 16.9 Å². The average Bonchev–Trinajstić information content (AvgIpc) is 3.03. The highest BCUT2D eigenvalue weighted by Gasteiger charge is 2.11. The topological polar surface area (TPSA) is 97.1 Å². The van der Waals surface area contributed by atoms with E-state index in [1.54, 1.807) is 23.5 Å². The molecule has 3 rings (SSSR count). The number of para-hydroxylation sites is 1. The minimum Gasteiger partial charge on any atom is -0.351 e. The molecule has 1 aromatic heterocycles. The van der Waals surface area contributed by atoms with Crippen LogP contribution in [0.4, 0.5) is 10.5 Å². The van der Waals surface area contributed by atoms with Gasteiger partial charge in [0.2, 0.25) is 5.91 Å². The van der Waals surface area contributed by atoms with Gasteiger partial charge in [-0.15, -0.1) is 11.3 Å². The molecular weight excluding hydrogens is 348 g/mol. The number of thiazole rings is 1. The van der Waals surface area contributed by atoms with Crippen molar-refractivity contribution in [1.29, 1.82) is 0 Å². The number of benzene rings is 2. The van der Waals surface area contributed by atoms with E-state index in [9.17, 15) is 9.59 Å². The van der Waals surface area contributed by atoms with E-state index in [1.807, 2.05) is 43.3 Å². The summed E-state index contributed by atoms with van der Waals surface area (Å²) in [6, 6.07) is 14.5. The fourth-order valence-corrected chi connectivity index (χ4v) is 3.61. The molecule has 1 atom stereocenters. The summed E-state index contributed by atoms with van der Waals surface area (Å²) < 4.78 is 1.14. The van der Waals surface area contributed by atoms with Crippen molar-refractivity contribution in [3.63, 3.8) is 0 Å². The van der Waals surface area contributed by atoms with Gasteiger partial charge in [-0.3, -0.25) is 4.79 Å². The quantitative estimate of drug-likeness (QED) is 0.620. The number of nitrogens with one attached hydrogen (secondary N) is 2. The number of primary amides is 1. The number of nitrogens with two attached hydrogens (primary N) is 1. The molecule has 1 heterocycles. The van der Waals surface area contributed by atoms with Crippen LogP contribution in [-0.2, 0) is 11.2 Å². The number of carbonyl (C=O) groups is 2. The first-order valence-electron chi connectivity index (χ1n) is 8.31. The summed E-state index contributed by atoms with van der Waals surface area (Å²) in [4.78, 5) is 27.6. The number of urea groups is 1. The van der Waals surface area contributed by atoms with Crippen molar-refractivity contribution < 1.29 is 9.59 Å². The molecule has 0 saturated carbocycles. The van der Waals surface area contributed by atoms with Crippen molar-refractivity contribution in [3.8, 4) is 0 Å². The van der Waals surface area contributed by atoms with Crippen molar-refractivity contribution >= 4 is 39.2 Å². The van der Waals surface area contributed by atoms with Gasteiger partial charge in [-0.1, -0.05) is 24.3 Å². The van der Waals surface area contributed by atoms with Crippen LogP contribution in [0.15, 0.2) is 48.5 Å². The second-order valence-corrected chi connectivity index (χ2v) is 7.09. The zero-order valence-corrected chi connectivity index (χ0v) is 15.2. The minimum atomic E-state index is -0.603. The summed E-state index contributed by atoms with van der Waals surface area (Å²) in [6.45, 7) is 1.92. The molecule has 6 nitrogen and oxygen atoms in total. The molecule has 3 amide bonds. The predicted molar refractivity (Wildman–Crippen MR) is 104 cm³/mol. The van der Waals surface area contributed by atoms with Crippen molar-refractivity contribution in [1.82, 2.24) is 10.3 Å². The zero-order chi connectivity index (χ0) is 18.5. The maximum Gasteiger partial charge on any atom is 0.316 e. The lowest BCUT2D eigenvalue weighted by Crippen LogP contribution is -2.26. The van der Waals surface area contributed by atoms with E-state index in [4.69, 9.17) is 5.73 Å². The molecule has 0 saturated heterocycles. The van der Waals surface area contributed by atoms with E-state index >= 15 is 0 Å². The van der Waals surface area contributed by atoms with Crippen LogP contribution in [0.2, 0.25) is 0 Å². The van der Waals surface area contributed by atoms with Crippen molar-refractivity contribution in [2.24, 2.45) is 5.73 Å². The van der Waals surface area contributed by atoms with Crippen molar-refractivity contribution in [2.45, 2.75) is 25.8 Å². The van der Waals surface area contributed by atoms with Gasteiger partial charge in [-0.05, 0) is 36.8 Å². The van der Waals surface area contributed by atoms with Gasteiger partial charge in [0, 0.05) is 18.5 Å². The zero-order valence-electron chi connectivity index (χ0n) is 14.4. The number of amides is 3. The van der Waals surface area contributed by atoms with Crippen LogP contribution < -0.4 is 16.4 Å². The lowest BCUT2D eigenvalue weighted by molar-refractivity contribution is -0.121. The number of anilines is 1. The number of aryl methyl sites for hydroxylation is 1. The standard InChI is InChI=1S/C19H20N4O2S/c1-12(13-6-8-14(9-7-13)22-19(20)25)21-17(24)10-11-18-23-15-4-2-3-5-16(15)26-18/h2-9,12H,10-11H2,1H3,(H,21,24)(H3,20,22,25). The third-order valence-electron chi connectivity index (χ3n) is 3.96. The second-order valence-electron chi connectivity index (χ2n) is 5.98. The van der Waals surface area contributed by atoms with Crippen LogP contribution in [0.5, 0.6) is 0 Å². The monoisotopic (exact) mass is 368 g/mol. The highest BCUT2D eigenvalue weighted by molar-refractivity contribution is 7.18. The van der Waals surface area contributed by atoms with Crippen molar-refractivity contribution in [3.05, 3.63) is 59.1 Å². The first kappa shape index (κ1) is 17.9. The third kappa shape index (κ3) is 4.58. The number of carbonyl (C=O) groups excluding carboxylic acids is 2. The van der Waals surface area contributed by atoms with Gasteiger partial charge < -0.3 is 16.4 Å². The highest BCUT2D eigenvalue weighted by atomic mass is 32.1. The van der Waals surface area contributed by atoms with Crippen LogP contribution in [0.1, 0.15) is 30.0 Å². The number of hydrogen-bond donors (Lipinski definition) is 3. The number of aromatic nitrogens is 1. The molecule has 0 aliphatic rings. The highest BCUT2D eigenvalue weighted by Crippen LogP contribution is 2.22. The van der Waals surface area contributed by atoms with E-state index in [1.165, 1.54) is 0 Å². The first-order chi connectivity index (χ1) is 12.5. The van der Waals surface area contributed by atoms with Gasteiger partial charge in [-0.25, -0.2) is 9.78 Å². The number of fused-ring (bicyclic) bond motifs is 1. The molecule has 26 heavy (non-hydrogen) atoms. The summed E-state index contributed by atoms with van der Waals surface area (Å²) >= 11 is 1.63. The first-order valence-corrected chi connectivity index (χ1v) is 9.13. The lowest BCUT2D eigenvalue weighted by atomic mass is 10.1. The molecule has 4 N–H and O–H groups in total. The molecular formula is C19H20N4O2S. The maximum absolute atomic E-state index is 12.2. The Hall–Kier alpha value is -2.93. The fraction of sp³-hybridized carbons (Fsp3) is 0.211. The van der Waals surface area contributed by atoms with Gasteiger partial charge in [0.25, 0.3) is 0 Å². The Kier molecular flexibility index (Phi) is 5.48. The van der Waals surface area contributed by atoms with E-state index in [0.29, 0.717) is 18.5 Å². The summed E-state index contributed by atoms with van der Waals surface area (Å²) in [5.41, 5.74) is 7.63. The molecule has 0 radical (unpaired) electrons. The van der Waals surface area contributed by atoms with E-state index in [-0.39, 0.29) is 11.9 Å². The largest absolute Gasteiger partial charge is 0.351 e. The van der Waals surface area contributed by atoms with Crippen molar-refractivity contribution in [2.75, 3.05) is 5.32 Å². The number of rotatable bonds is 6. The van der Waals surface area contributed by atoms with Crippen LogP contribution in [0.3, 0.4) is 0 Å². The van der Waals surface area contributed by atoms with Crippen LogP contribution in [0.25, 0.3) is 10.2 Å². The SMILES string of the molecule is CC(NC(=O)CCc1nc2ccccc2s1)c1ccc(NC(N)=O)cc1. The Labute approximate surface area is 155 Å². The minimum absolute atomic E-state index is 0.0175. The van der Waals surface area contributed by atoms with Crippen LogP contribution in [0, 0.1) is 0 Å². The van der Waals surface area contributed by atoms with Gasteiger partial charge in [0.05, 0.1) is 21.3 Å². The Morgan fingerprint density at radius 1 is 1.15 bits per heavy atom. The molecule has 0 fully saturated rings.